The highest BCUT2D eigenvalue weighted by Crippen LogP contribution is 2.27. The molecule has 148 valence electrons. The van der Waals surface area contributed by atoms with Gasteiger partial charge in [0.15, 0.2) is 11.4 Å². The van der Waals surface area contributed by atoms with Crippen molar-refractivity contribution in [3.63, 3.8) is 0 Å². The number of anilines is 1. The lowest BCUT2D eigenvalue weighted by Gasteiger charge is -2.10. The van der Waals surface area contributed by atoms with Gasteiger partial charge < -0.3 is 9.73 Å². The minimum Gasteiger partial charge on any atom is -0.463 e. The van der Waals surface area contributed by atoms with Gasteiger partial charge in [-0.1, -0.05) is 18.2 Å². The molecule has 0 radical (unpaired) electrons. The fourth-order valence-electron chi connectivity index (χ4n) is 3.47. The Hall–Kier alpha value is -4.00. The largest absolute Gasteiger partial charge is 0.463 e. The minimum atomic E-state index is -0.254. The molecular formula is C23H19N5O2. The molecule has 5 aromatic rings. The number of hydrogen-bond donors (Lipinski definition) is 1. The van der Waals surface area contributed by atoms with E-state index in [0.717, 1.165) is 10.9 Å². The fourth-order valence-corrected chi connectivity index (χ4v) is 3.47. The summed E-state index contributed by atoms with van der Waals surface area (Å²) in [4.78, 5) is 22.4. The number of hydrogen-bond acceptors (Lipinski definition) is 5. The number of fused-ring (bicyclic) bond motifs is 2. The number of para-hydroxylation sites is 1. The average molecular weight is 397 g/mol. The SMILES string of the molecule is CC(C)n1ncc2c(C(=O)Nc3cnc4ccccc4c3)cc(-c3ccco3)nc21. The minimum absolute atomic E-state index is 0.0995. The summed E-state index contributed by atoms with van der Waals surface area (Å²) in [6, 6.07) is 15.1. The van der Waals surface area contributed by atoms with E-state index in [1.54, 1.807) is 35.5 Å². The quantitative estimate of drug-likeness (QED) is 0.457. The van der Waals surface area contributed by atoms with Crippen LogP contribution in [0.25, 0.3) is 33.4 Å². The Labute approximate surface area is 172 Å². The van der Waals surface area contributed by atoms with Gasteiger partial charge in [-0.3, -0.25) is 9.78 Å². The molecule has 0 saturated carbocycles. The average Bonchev–Trinajstić information content (AvgIpc) is 3.43. The second kappa shape index (κ2) is 7.11. The van der Waals surface area contributed by atoms with E-state index in [1.165, 1.54) is 0 Å². The number of aromatic nitrogens is 4. The van der Waals surface area contributed by atoms with Gasteiger partial charge in [0, 0.05) is 11.4 Å². The van der Waals surface area contributed by atoms with Crippen molar-refractivity contribution in [3.05, 3.63) is 72.8 Å². The van der Waals surface area contributed by atoms with Gasteiger partial charge in [0.2, 0.25) is 0 Å². The Balaban J connectivity index is 1.60. The molecule has 0 saturated heterocycles. The van der Waals surface area contributed by atoms with Crippen LogP contribution in [0.1, 0.15) is 30.2 Å². The molecule has 7 heteroatoms. The molecule has 0 atom stereocenters. The normalized spacial score (nSPS) is 11.4. The summed E-state index contributed by atoms with van der Waals surface area (Å²) in [5.74, 6) is 0.338. The van der Waals surface area contributed by atoms with Crippen LogP contribution in [-0.2, 0) is 0 Å². The number of nitrogens with one attached hydrogen (secondary N) is 1. The number of amides is 1. The molecule has 30 heavy (non-hydrogen) atoms. The highest BCUT2D eigenvalue weighted by Gasteiger charge is 2.19. The fraction of sp³-hybridized carbons (Fsp3) is 0.130. The topological polar surface area (TPSA) is 85.8 Å². The molecule has 0 fully saturated rings. The smallest absolute Gasteiger partial charge is 0.256 e. The molecule has 1 aromatic carbocycles. The molecule has 4 aromatic heterocycles. The molecule has 1 N–H and O–H groups in total. The van der Waals surface area contributed by atoms with Crippen LogP contribution in [0.5, 0.6) is 0 Å². The van der Waals surface area contributed by atoms with Gasteiger partial charge in [-0.25, -0.2) is 9.67 Å². The lowest BCUT2D eigenvalue weighted by molar-refractivity contribution is 0.102. The molecule has 5 rings (SSSR count). The summed E-state index contributed by atoms with van der Waals surface area (Å²) < 4.78 is 7.31. The van der Waals surface area contributed by atoms with Crippen LogP contribution in [0.2, 0.25) is 0 Å². The monoisotopic (exact) mass is 397 g/mol. The van der Waals surface area contributed by atoms with E-state index in [4.69, 9.17) is 9.40 Å². The van der Waals surface area contributed by atoms with Gasteiger partial charge in [0.1, 0.15) is 5.69 Å². The lowest BCUT2D eigenvalue weighted by atomic mass is 10.1. The number of furan rings is 1. The first-order valence-electron chi connectivity index (χ1n) is 9.68. The van der Waals surface area contributed by atoms with Crippen LogP contribution in [0.3, 0.4) is 0 Å². The van der Waals surface area contributed by atoms with Crippen molar-refractivity contribution in [1.29, 1.82) is 0 Å². The molecule has 0 aliphatic carbocycles. The maximum atomic E-state index is 13.2. The van der Waals surface area contributed by atoms with E-state index < -0.39 is 0 Å². The van der Waals surface area contributed by atoms with Crippen molar-refractivity contribution in [2.75, 3.05) is 5.32 Å². The number of carbonyl (C=O) groups excluding carboxylic acids is 1. The molecule has 0 aliphatic heterocycles. The molecule has 0 unspecified atom stereocenters. The zero-order valence-electron chi connectivity index (χ0n) is 16.5. The van der Waals surface area contributed by atoms with Crippen LogP contribution in [0.4, 0.5) is 5.69 Å². The Morgan fingerprint density at radius 3 is 2.77 bits per heavy atom. The van der Waals surface area contributed by atoms with Crippen LogP contribution in [0.15, 0.2) is 71.6 Å². The third-order valence-electron chi connectivity index (χ3n) is 4.92. The molecule has 0 spiro atoms. The molecule has 7 nitrogen and oxygen atoms in total. The zero-order valence-corrected chi connectivity index (χ0v) is 16.5. The predicted octanol–water partition coefficient (Wildman–Crippen LogP) is 5.07. The van der Waals surface area contributed by atoms with E-state index in [1.807, 2.05) is 50.2 Å². The highest BCUT2D eigenvalue weighted by molar-refractivity contribution is 6.12. The number of pyridine rings is 2. The first kappa shape index (κ1) is 18.1. The summed E-state index contributed by atoms with van der Waals surface area (Å²) in [7, 11) is 0. The Bertz CT molecular complexity index is 1370. The van der Waals surface area contributed by atoms with Crippen LogP contribution in [0, 0.1) is 0 Å². The number of carbonyl (C=O) groups is 1. The zero-order chi connectivity index (χ0) is 20.7. The van der Waals surface area contributed by atoms with Gasteiger partial charge in [-0.15, -0.1) is 0 Å². The van der Waals surface area contributed by atoms with E-state index in [2.05, 4.69) is 15.4 Å². The van der Waals surface area contributed by atoms with Crippen molar-refractivity contribution in [2.45, 2.75) is 19.9 Å². The molecule has 0 aliphatic rings. The molecule has 4 heterocycles. The summed E-state index contributed by atoms with van der Waals surface area (Å²) in [5, 5.41) is 9.04. The predicted molar refractivity (Wildman–Crippen MR) is 115 cm³/mol. The van der Waals surface area contributed by atoms with E-state index in [9.17, 15) is 4.79 Å². The van der Waals surface area contributed by atoms with Crippen molar-refractivity contribution >= 4 is 33.5 Å². The maximum absolute atomic E-state index is 13.2. The van der Waals surface area contributed by atoms with Gasteiger partial charge in [-0.2, -0.15) is 5.10 Å². The summed E-state index contributed by atoms with van der Waals surface area (Å²) in [5.41, 5.74) is 3.20. The summed E-state index contributed by atoms with van der Waals surface area (Å²) in [6.07, 6.45) is 4.92. The Morgan fingerprint density at radius 1 is 1.10 bits per heavy atom. The number of rotatable bonds is 4. The second-order valence-corrected chi connectivity index (χ2v) is 7.32. The van der Waals surface area contributed by atoms with Gasteiger partial charge in [-0.05, 0) is 44.2 Å². The lowest BCUT2D eigenvalue weighted by Crippen LogP contribution is -2.13. The van der Waals surface area contributed by atoms with Gasteiger partial charge in [0.25, 0.3) is 5.91 Å². The van der Waals surface area contributed by atoms with Crippen molar-refractivity contribution in [3.8, 4) is 11.5 Å². The van der Waals surface area contributed by atoms with Crippen molar-refractivity contribution in [1.82, 2.24) is 19.7 Å². The third-order valence-corrected chi connectivity index (χ3v) is 4.92. The van der Waals surface area contributed by atoms with Gasteiger partial charge >= 0.3 is 0 Å². The molecular weight excluding hydrogens is 378 g/mol. The van der Waals surface area contributed by atoms with E-state index >= 15 is 0 Å². The van der Waals surface area contributed by atoms with Crippen molar-refractivity contribution in [2.24, 2.45) is 0 Å². The standard InChI is InChI=1S/C23H19N5O2/c1-14(2)28-22-18(13-25-28)17(11-20(27-22)21-8-5-9-30-21)23(29)26-16-10-15-6-3-4-7-19(15)24-12-16/h3-14H,1-2H3,(H,26,29). The number of benzene rings is 1. The van der Waals surface area contributed by atoms with Gasteiger partial charge in [0.05, 0.1) is 40.8 Å². The van der Waals surface area contributed by atoms with Crippen LogP contribution >= 0.6 is 0 Å². The Morgan fingerprint density at radius 2 is 1.97 bits per heavy atom. The van der Waals surface area contributed by atoms with E-state index in [-0.39, 0.29) is 11.9 Å². The highest BCUT2D eigenvalue weighted by atomic mass is 16.3. The Kier molecular flexibility index (Phi) is 4.28. The summed E-state index contributed by atoms with van der Waals surface area (Å²) >= 11 is 0. The van der Waals surface area contributed by atoms with Crippen LogP contribution in [-0.4, -0.2) is 25.7 Å². The molecule has 0 bridgehead atoms. The van der Waals surface area contributed by atoms with E-state index in [0.29, 0.717) is 33.7 Å². The third kappa shape index (κ3) is 3.10. The second-order valence-electron chi connectivity index (χ2n) is 7.32. The maximum Gasteiger partial charge on any atom is 0.256 e. The first-order chi connectivity index (χ1) is 14.6. The number of nitrogens with zero attached hydrogens (tertiary/aromatic N) is 4. The molecule has 1 amide bonds. The van der Waals surface area contributed by atoms with Crippen LogP contribution < -0.4 is 5.32 Å². The van der Waals surface area contributed by atoms with Crippen molar-refractivity contribution < 1.29 is 9.21 Å². The first-order valence-corrected chi connectivity index (χ1v) is 9.68. The summed E-state index contributed by atoms with van der Waals surface area (Å²) in [6.45, 7) is 4.04.